The first-order chi connectivity index (χ1) is 11.1. The third-order valence-corrected chi connectivity index (χ3v) is 4.35. The number of ether oxygens (including phenoxy) is 1. The van der Waals surface area contributed by atoms with Crippen LogP contribution >= 0.6 is 0 Å². The van der Waals surface area contributed by atoms with Crippen LogP contribution in [-0.4, -0.2) is 59.1 Å². The van der Waals surface area contributed by atoms with Gasteiger partial charge >= 0.3 is 0 Å². The highest BCUT2D eigenvalue weighted by Crippen LogP contribution is 2.12. The highest BCUT2D eigenvalue weighted by molar-refractivity contribution is 5.92. The summed E-state index contributed by atoms with van der Waals surface area (Å²) in [6.45, 7) is 8.39. The molecule has 1 aliphatic rings. The first-order valence-corrected chi connectivity index (χ1v) is 8.19. The quantitative estimate of drug-likeness (QED) is 0.906. The molecule has 1 N–H and O–H groups in total. The molecule has 0 spiro atoms. The van der Waals surface area contributed by atoms with Gasteiger partial charge in [-0.1, -0.05) is 19.9 Å². The van der Waals surface area contributed by atoms with E-state index in [1.807, 2.05) is 28.8 Å². The molecule has 1 atom stereocenters. The molecule has 0 radical (unpaired) electrons. The lowest BCUT2D eigenvalue weighted by atomic mass is 10.0. The predicted molar refractivity (Wildman–Crippen MR) is 88.5 cm³/mol. The minimum Gasteiger partial charge on any atom is -0.379 e. The van der Waals surface area contributed by atoms with E-state index in [4.69, 9.17) is 4.74 Å². The zero-order valence-corrected chi connectivity index (χ0v) is 13.7. The average molecular weight is 316 g/mol. The van der Waals surface area contributed by atoms with E-state index in [2.05, 4.69) is 29.0 Å². The Bertz CT molecular complexity index is 628. The first kappa shape index (κ1) is 16.0. The van der Waals surface area contributed by atoms with Gasteiger partial charge in [-0.25, -0.2) is 4.98 Å². The number of nitrogens with one attached hydrogen (secondary N) is 1. The molecule has 0 aromatic carbocycles. The van der Waals surface area contributed by atoms with Crippen molar-refractivity contribution in [2.24, 2.45) is 5.92 Å². The second-order valence-electron chi connectivity index (χ2n) is 6.26. The maximum atomic E-state index is 12.4. The van der Waals surface area contributed by atoms with Gasteiger partial charge in [0.2, 0.25) is 0 Å². The van der Waals surface area contributed by atoms with Crippen LogP contribution in [0.25, 0.3) is 5.65 Å². The molecule has 1 fully saturated rings. The minimum absolute atomic E-state index is 0.118. The van der Waals surface area contributed by atoms with E-state index in [9.17, 15) is 4.79 Å². The Balaban J connectivity index is 1.64. The van der Waals surface area contributed by atoms with Gasteiger partial charge in [0.05, 0.1) is 13.2 Å². The number of nitrogens with zero attached hydrogens (tertiary/aromatic N) is 3. The number of carbonyl (C=O) groups is 1. The van der Waals surface area contributed by atoms with E-state index in [0.717, 1.165) is 32.0 Å². The summed E-state index contributed by atoms with van der Waals surface area (Å²) in [5, 5.41) is 3.04. The largest absolute Gasteiger partial charge is 0.379 e. The van der Waals surface area contributed by atoms with E-state index in [-0.39, 0.29) is 5.91 Å². The Labute approximate surface area is 136 Å². The predicted octanol–water partition coefficient (Wildman–Crippen LogP) is 1.42. The Kier molecular flexibility index (Phi) is 4.93. The molecule has 0 bridgehead atoms. The molecule has 3 heterocycles. The van der Waals surface area contributed by atoms with E-state index in [0.29, 0.717) is 24.2 Å². The smallest absolute Gasteiger partial charge is 0.271 e. The number of imidazole rings is 1. The standard InChI is InChI=1S/C17H24N4O2/c1-13(2)15(20-7-9-23-10-8-20)11-18-17(22)14-12-21-6-4-3-5-16(21)19-14/h3-6,12-13,15H,7-11H2,1-2H3,(H,18,22)/t15-/m0/s1. The number of amides is 1. The van der Waals surface area contributed by atoms with Crippen molar-refractivity contribution in [2.75, 3.05) is 32.8 Å². The van der Waals surface area contributed by atoms with Crippen LogP contribution in [0.15, 0.2) is 30.6 Å². The fourth-order valence-electron chi connectivity index (χ4n) is 3.03. The first-order valence-electron chi connectivity index (χ1n) is 8.19. The van der Waals surface area contributed by atoms with Crippen molar-refractivity contribution < 1.29 is 9.53 Å². The lowest BCUT2D eigenvalue weighted by Gasteiger charge is -2.36. The Morgan fingerprint density at radius 2 is 2.13 bits per heavy atom. The molecule has 3 rings (SSSR count). The lowest BCUT2D eigenvalue weighted by Crippen LogP contribution is -2.51. The Morgan fingerprint density at radius 1 is 1.35 bits per heavy atom. The van der Waals surface area contributed by atoms with Crippen molar-refractivity contribution in [1.29, 1.82) is 0 Å². The van der Waals surface area contributed by atoms with Crippen molar-refractivity contribution in [3.05, 3.63) is 36.3 Å². The maximum absolute atomic E-state index is 12.4. The van der Waals surface area contributed by atoms with Crippen LogP contribution in [0.3, 0.4) is 0 Å². The topological polar surface area (TPSA) is 58.9 Å². The van der Waals surface area contributed by atoms with Crippen molar-refractivity contribution in [1.82, 2.24) is 19.6 Å². The number of morpholine rings is 1. The van der Waals surface area contributed by atoms with Gasteiger partial charge in [-0.15, -0.1) is 0 Å². The second-order valence-corrected chi connectivity index (χ2v) is 6.26. The number of rotatable bonds is 5. The van der Waals surface area contributed by atoms with Gasteiger partial charge in [0, 0.05) is 38.1 Å². The summed E-state index contributed by atoms with van der Waals surface area (Å²) in [6.07, 6.45) is 3.66. The average Bonchev–Trinajstić information content (AvgIpc) is 2.99. The number of aromatic nitrogens is 2. The number of hydrogen-bond acceptors (Lipinski definition) is 4. The van der Waals surface area contributed by atoms with Gasteiger partial charge in [0.1, 0.15) is 11.3 Å². The third kappa shape index (κ3) is 3.71. The van der Waals surface area contributed by atoms with Gasteiger partial charge in [-0.3, -0.25) is 9.69 Å². The molecule has 6 nitrogen and oxygen atoms in total. The number of fused-ring (bicyclic) bond motifs is 1. The van der Waals surface area contributed by atoms with Gasteiger partial charge in [0.15, 0.2) is 0 Å². The number of pyridine rings is 1. The van der Waals surface area contributed by atoms with Crippen molar-refractivity contribution in [3.8, 4) is 0 Å². The molecule has 2 aromatic heterocycles. The molecular weight excluding hydrogens is 292 g/mol. The van der Waals surface area contributed by atoms with Crippen LogP contribution in [0, 0.1) is 5.92 Å². The summed E-state index contributed by atoms with van der Waals surface area (Å²) < 4.78 is 7.27. The van der Waals surface area contributed by atoms with Crippen LogP contribution in [0.4, 0.5) is 0 Å². The van der Waals surface area contributed by atoms with Crippen LogP contribution < -0.4 is 5.32 Å². The minimum atomic E-state index is -0.118. The molecule has 2 aromatic rings. The molecule has 124 valence electrons. The van der Waals surface area contributed by atoms with Gasteiger partial charge in [-0.2, -0.15) is 0 Å². The summed E-state index contributed by atoms with van der Waals surface area (Å²) in [5.74, 6) is 0.349. The van der Waals surface area contributed by atoms with Crippen LogP contribution in [-0.2, 0) is 4.74 Å². The second kappa shape index (κ2) is 7.10. The molecule has 1 aliphatic heterocycles. The van der Waals surface area contributed by atoms with Crippen LogP contribution in [0.5, 0.6) is 0 Å². The summed E-state index contributed by atoms with van der Waals surface area (Å²) in [7, 11) is 0. The van der Waals surface area contributed by atoms with E-state index in [1.165, 1.54) is 0 Å². The molecule has 23 heavy (non-hydrogen) atoms. The van der Waals surface area contributed by atoms with Crippen LogP contribution in [0.1, 0.15) is 24.3 Å². The molecule has 6 heteroatoms. The van der Waals surface area contributed by atoms with E-state index < -0.39 is 0 Å². The monoisotopic (exact) mass is 316 g/mol. The lowest BCUT2D eigenvalue weighted by molar-refractivity contribution is 0.00671. The fraction of sp³-hybridized carbons (Fsp3) is 0.529. The molecule has 1 saturated heterocycles. The van der Waals surface area contributed by atoms with Crippen molar-refractivity contribution in [2.45, 2.75) is 19.9 Å². The highest BCUT2D eigenvalue weighted by atomic mass is 16.5. The molecule has 0 unspecified atom stereocenters. The Hall–Kier alpha value is -1.92. The molecule has 1 amide bonds. The van der Waals surface area contributed by atoms with E-state index in [1.54, 1.807) is 6.20 Å². The van der Waals surface area contributed by atoms with Gasteiger partial charge < -0.3 is 14.5 Å². The van der Waals surface area contributed by atoms with E-state index >= 15 is 0 Å². The number of carbonyl (C=O) groups excluding carboxylic acids is 1. The molecule has 0 aliphatic carbocycles. The molecule has 0 saturated carbocycles. The third-order valence-electron chi connectivity index (χ3n) is 4.35. The molecular formula is C17H24N4O2. The van der Waals surface area contributed by atoms with Gasteiger partial charge in [-0.05, 0) is 18.1 Å². The zero-order valence-electron chi connectivity index (χ0n) is 13.7. The summed E-state index contributed by atoms with van der Waals surface area (Å²) in [4.78, 5) is 19.2. The number of hydrogen-bond donors (Lipinski definition) is 1. The summed E-state index contributed by atoms with van der Waals surface area (Å²) >= 11 is 0. The highest BCUT2D eigenvalue weighted by Gasteiger charge is 2.24. The summed E-state index contributed by atoms with van der Waals surface area (Å²) in [6, 6.07) is 6.04. The summed E-state index contributed by atoms with van der Waals surface area (Å²) in [5.41, 5.74) is 1.24. The SMILES string of the molecule is CC(C)[C@H](CNC(=O)c1cn2ccccc2n1)N1CCOCC1. The van der Waals surface area contributed by atoms with Crippen LogP contribution in [0.2, 0.25) is 0 Å². The van der Waals surface area contributed by atoms with Gasteiger partial charge in [0.25, 0.3) is 5.91 Å². The zero-order chi connectivity index (χ0) is 16.2. The maximum Gasteiger partial charge on any atom is 0.271 e. The van der Waals surface area contributed by atoms with Crippen molar-refractivity contribution >= 4 is 11.6 Å². The normalized spacial score (nSPS) is 17.5. The van der Waals surface area contributed by atoms with Crippen molar-refractivity contribution in [3.63, 3.8) is 0 Å². The Morgan fingerprint density at radius 3 is 2.83 bits per heavy atom. The fourth-order valence-corrected chi connectivity index (χ4v) is 3.03.